The van der Waals surface area contributed by atoms with Gasteiger partial charge in [0.1, 0.15) is 0 Å². The molecule has 2 atom stereocenters. The van der Waals surface area contributed by atoms with E-state index in [1.165, 1.54) is 19.2 Å². The van der Waals surface area contributed by atoms with Gasteiger partial charge in [-0.1, -0.05) is 24.3 Å². The van der Waals surface area contributed by atoms with Crippen LogP contribution < -0.4 is 9.46 Å². The van der Waals surface area contributed by atoms with Gasteiger partial charge >= 0.3 is 0 Å². The fourth-order valence-electron chi connectivity index (χ4n) is 2.77. The summed E-state index contributed by atoms with van der Waals surface area (Å²) in [5.41, 5.74) is 1.13. The molecule has 0 unspecified atom stereocenters. The number of aromatic hydroxyl groups is 1. The Labute approximate surface area is 134 Å². The molecule has 0 aromatic heterocycles. The van der Waals surface area contributed by atoms with Crippen LogP contribution in [0.2, 0.25) is 0 Å². The Morgan fingerprint density at radius 3 is 2.70 bits per heavy atom. The molecule has 0 saturated heterocycles. The Balaban J connectivity index is 1.93. The van der Waals surface area contributed by atoms with Gasteiger partial charge in [-0.25, -0.2) is 13.1 Å². The highest BCUT2D eigenvalue weighted by Gasteiger charge is 2.36. The van der Waals surface area contributed by atoms with E-state index < -0.39 is 22.2 Å². The second-order valence-electron chi connectivity index (χ2n) is 5.42. The fourth-order valence-corrected chi connectivity index (χ4v) is 4.26. The van der Waals surface area contributed by atoms with Gasteiger partial charge in [0.25, 0.3) is 0 Å². The maximum Gasteiger partial charge on any atom is 0.241 e. The van der Waals surface area contributed by atoms with Crippen molar-refractivity contribution in [2.45, 2.75) is 23.5 Å². The van der Waals surface area contributed by atoms with Crippen LogP contribution in [0.25, 0.3) is 0 Å². The first-order valence-electron chi connectivity index (χ1n) is 7.07. The smallest absolute Gasteiger partial charge is 0.241 e. The molecular weight excluding hydrogens is 318 g/mol. The molecule has 1 aliphatic rings. The third-order valence-electron chi connectivity index (χ3n) is 3.91. The molecule has 0 saturated carbocycles. The number of ether oxygens (including phenoxy) is 1. The summed E-state index contributed by atoms with van der Waals surface area (Å²) in [6.45, 7) is 0. The second kappa shape index (κ2) is 5.84. The molecule has 0 spiro atoms. The number of methoxy groups -OCH3 is 1. The molecule has 1 aliphatic heterocycles. The standard InChI is InChI=1S/C16H17NO5S/c1-22-14-9-10(6-7-13(14)18)8-12-16(19)11-4-2-3-5-15(11)23(20,21)17-12/h2-7,9,12,16-19H,8H2,1H3/t12-,16+/m1/s1. The van der Waals surface area contributed by atoms with E-state index in [1.807, 2.05) is 0 Å². The number of hydrogen-bond donors (Lipinski definition) is 3. The summed E-state index contributed by atoms with van der Waals surface area (Å²) >= 11 is 0. The van der Waals surface area contributed by atoms with E-state index in [2.05, 4.69) is 4.72 Å². The SMILES string of the molecule is COc1cc(C[C@H]2NS(=O)(=O)c3ccccc3[C@@H]2O)ccc1O. The molecule has 3 N–H and O–H groups in total. The van der Waals surface area contributed by atoms with Crippen molar-refractivity contribution < 1.29 is 23.4 Å². The van der Waals surface area contributed by atoms with Crippen LogP contribution in [0.3, 0.4) is 0 Å². The summed E-state index contributed by atoms with van der Waals surface area (Å²) in [5.74, 6) is 0.308. The summed E-state index contributed by atoms with van der Waals surface area (Å²) < 4.78 is 32.2. The third-order valence-corrected chi connectivity index (χ3v) is 5.48. The molecule has 122 valence electrons. The van der Waals surface area contributed by atoms with Gasteiger partial charge in [0, 0.05) is 5.56 Å². The number of nitrogens with one attached hydrogen (secondary N) is 1. The van der Waals surface area contributed by atoms with E-state index in [0.717, 1.165) is 5.56 Å². The van der Waals surface area contributed by atoms with Crippen molar-refractivity contribution in [3.05, 3.63) is 53.6 Å². The molecule has 7 heteroatoms. The summed E-state index contributed by atoms with van der Waals surface area (Å²) in [7, 11) is -2.22. The Morgan fingerprint density at radius 2 is 1.96 bits per heavy atom. The quantitative estimate of drug-likeness (QED) is 0.787. The first-order valence-corrected chi connectivity index (χ1v) is 8.56. The molecule has 23 heavy (non-hydrogen) atoms. The van der Waals surface area contributed by atoms with Crippen molar-refractivity contribution in [2.24, 2.45) is 0 Å². The van der Waals surface area contributed by atoms with E-state index in [4.69, 9.17) is 4.74 Å². The molecule has 0 aliphatic carbocycles. The number of hydrogen-bond acceptors (Lipinski definition) is 5. The predicted octanol–water partition coefficient (Wildman–Crippen LogP) is 1.34. The maximum absolute atomic E-state index is 12.3. The highest BCUT2D eigenvalue weighted by Crippen LogP contribution is 2.33. The van der Waals surface area contributed by atoms with E-state index in [0.29, 0.717) is 11.3 Å². The Bertz CT molecular complexity index is 834. The van der Waals surface area contributed by atoms with Gasteiger partial charge in [-0.2, -0.15) is 0 Å². The Kier molecular flexibility index (Phi) is 4.01. The summed E-state index contributed by atoms with van der Waals surface area (Å²) in [6.07, 6.45) is -0.680. The molecule has 0 radical (unpaired) electrons. The zero-order valence-corrected chi connectivity index (χ0v) is 13.2. The number of rotatable bonds is 3. The monoisotopic (exact) mass is 335 g/mol. The largest absolute Gasteiger partial charge is 0.504 e. The summed E-state index contributed by atoms with van der Waals surface area (Å²) in [5, 5.41) is 20.1. The van der Waals surface area contributed by atoms with Crippen LogP contribution in [0.15, 0.2) is 47.4 Å². The van der Waals surface area contributed by atoms with Crippen molar-refractivity contribution in [2.75, 3.05) is 7.11 Å². The first kappa shape index (κ1) is 15.8. The van der Waals surface area contributed by atoms with Gasteiger partial charge in [0.2, 0.25) is 10.0 Å². The number of phenolic OH excluding ortho intramolecular Hbond substituents is 1. The van der Waals surface area contributed by atoms with Gasteiger partial charge in [0.15, 0.2) is 11.5 Å². The van der Waals surface area contributed by atoms with Crippen molar-refractivity contribution in [1.29, 1.82) is 0 Å². The van der Waals surface area contributed by atoms with Crippen molar-refractivity contribution in [3.63, 3.8) is 0 Å². The molecule has 0 bridgehead atoms. The average molecular weight is 335 g/mol. The fraction of sp³-hybridized carbons (Fsp3) is 0.250. The Morgan fingerprint density at radius 1 is 1.22 bits per heavy atom. The first-order chi connectivity index (χ1) is 10.9. The van der Waals surface area contributed by atoms with E-state index in [1.54, 1.807) is 30.3 Å². The van der Waals surface area contributed by atoms with Crippen LogP contribution in [0, 0.1) is 0 Å². The van der Waals surface area contributed by atoms with Gasteiger partial charge < -0.3 is 14.9 Å². The lowest BCUT2D eigenvalue weighted by atomic mass is 9.96. The molecule has 0 amide bonds. The lowest BCUT2D eigenvalue weighted by molar-refractivity contribution is 0.131. The maximum atomic E-state index is 12.3. The topological polar surface area (TPSA) is 95.9 Å². The number of phenols is 1. The zero-order chi connectivity index (χ0) is 16.6. The summed E-state index contributed by atoms with van der Waals surface area (Å²) in [6, 6.07) is 10.5. The predicted molar refractivity (Wildman–Crippen MR) is 83.9 cm³/mol. The summed E-state index contributed by atoms with van der Waals surface area (Å²) in [4.78, 5) is 0.104. The number of aliphatic hydroxyl groups is 1. The zero-order valence-electron chi connectivity index (χ0n) is 12.4. The van der Waals surface area contributed by atoms with Crippen LogP contribution >= 0.6 is 0 Å². The van der Waals surface area contributed by atoms with Gasteiger partial charge in [-0.3, -0.25) is 0 Å². The van der Waals surface area contributed by atoms with Crippen LogP contribution in [0.1, 0.15) is 17.2 Å². The third kappa shape index (κ3) is 2.90. The van der Waals surface area contributed by atoms with Gasteiger partial charge in [-0.15, -0.1) is 0 Å². The molecule has 0 fully saturated rings. The minimum Gasteiger partial charge on any atom is -0.504 e. The molecule has 3 rings (SSSR count). The van der Waals surface area contributed by atoms with Crippen LogP contribution in [-0.2, 0) is 16.4 Å². The Hall–Kier alpha value is -2.09. The average Bonchev–Trinajstić information content (AvgIpc) is 2.54. The molecule has 2 aromatic carbocycles. The van der Waals surface area contributed by atoms with Crippen molar-refractivity contribution >= 4 is 10.0 Å². The van der Waals surface area contributed by atoms with Crippen molar-refractivity contribution in [3.8, 4) is 11.5 Å². The molecular formula is C16H17NO5S. The van der Waals surface area contributed by atoms with E-state index in [9.17, 15) is 18.6 Å². The van der Waals surface area contributed by atoms with Crippen LogP contribution in [-0.4, -0.2) is 31.8 Å². The van der Waals surface area contributed by atoms with E-state index >= 15 is 0 Å². The number of sulfonamides is 1. The number of aliphatic hydroxyl groups excluding tert-OH is 1. The van der Waals surface area contributed by atoms with Crippen LogP contribution in [0.4, 0.5) is 0 Å². The second-order valence-corrected chi connectivity index (χ2v) is 7.10. The molecule has 6 nitrogen and oxygen atoms in total. The lowest BCUT2D eigenvalue weighted by Gasteiger charge is -2.30. The highest BCUT2D eigenvalue weighted by molar-refractivity contribution is 7.89. The highest BCUT2D eigenvalue weighted by atomic mass is 32.2. The lowest BCUT2D eigenvalue weighted by Crippen LogP contribution is -2.45. The number of fused-ring (bicyclic) bond motifs is 1. The van der Waals surface area contributed by atoms with Gasteiger partial charge in [-0.05, 0) is 30.2 Å². The molecule has 2 aromatic rings. The van der Waals surface area contributed by atoms with E-state index in [-0.39, 0.29) is 17.1 Å². The van der Waals surface area contributed by atoms with Crippen LogP contribution in [0.5, 0.6) is 11.5 Å². The van der Waals surface area contributed by atoms with Crippen molar-refractivity contribution in [1.82, 2.24) is 4.72 Å². The molecule has 1 heterocycles. The van der Waals surface area contributed by atoms with Gasteiger partial charge in [0.05, 0.1) is 24.2 Å². The normalized spacial score (nSPS) is 22.3. The number of benzene rings is 2. The minimum absolute atomic E-state index is 0.00590. The minimum atomic E-state index is -3.66.